The summed E-state index contributed by atoms with van der Waals surface area (Å²) in [6.45, 7) is 1.68. The van der Waals surface area contributed by atoms with Gasteiger partial charge in [-0.05, 0) is 24.6 Å². The maximum atomic E-state index is 12.4. The maximum absolute atomic E-state index is 12.4. The van der Waals surface area contributed by atoms with Gasteiger partial charge in [0.1, 0.15) is 0 Å². The Hall–Kier alpha value is -1.81. The van der Waals surface area contributed by atoms with Crippen LogP contribution in [0.3, 0.4) is 0 Å². The molecule has 0 saturated heterocycles. The Labute approximate surface area is 114 Å². The fraction of sp³-hybridized carbons (Fsp3) is 0.286. The number of furan rings is 1. The summed E-state index contributed by atoms with van der Waals surface area (Å²) >= 11 is 6.05. The average molecular weight is 279 g/mol. The second-order valence-electron chi connectivity index (χ2n) is 5.14. The number of hydrogen-bond acceptors (Lipinski definition) is 3. The lowest BCUT2D eigenvalue weighted by Crippen LogP contribution is -2.18. The minimum absolute atomic E-state index is 0.176. The lowest BCUT2D eigenvalue weighted by molar-refractivity contribution is -0.139. The number of rotatable bonds is 3. The number of ketones is 1. The van der Waals surface area contributed by atoms with Crippen LogP contribution < -0.4 is 0 Å². The number of fused-ring (bicyclic) bond motifs is 1. The number of Topliss-reactive ketones (excluding diaryl/α,β-unsaturated/α-hetero) is 1. The van der Waals surface area contributed by atoms with Crippen LogP contribution in [0.25, 0.3) is 11.0 Å². The van der Waals surface area contributed by atoms with Gasteiger partial charge in [0.2, 0.25) is 0 Å². The van der Waals surface area contributed by atoms with Crippen LogP contribution in [0, 0.1) is 11.3 Å². The second-order valence-corrected chi connectivity index (χ2v) is 5.55. The molecule has 1 heterocycles. The molecule has 1 saturated carbocycles. The Morgan fingerprint density at radius 3 is 2.84 bits per heavy atom. The first-order valence-corrected chi connectivity index (χ1v) is 6.25. The van der Waals surface area contributed by atoms with Gasteiger partial charge < -0.3 is 9.52 Å². The maximum Gasteiger partial charge on any atom is 0.307 e. The van der Waals surface area contributed by atoms with Gasteiger partial charge in [0, 0.05) is 16.4 Å². The summed E-state index contributed by atoms with van der Waals surface area (Å²) in [5, 5.41) is 10.1. The van der Waals surface area contributed by atoms with E-state index < -0.39 is 17.3 Å². The van der Waals surface area contributed by atoms with E-state index in [1.54, 1.807) is 19.1 Å². The molecule has 1 aliphatic carbocycles. The fourth-order valence-electron chi connectivity index (χ4n) is 2.47. The van der Waals surface area contributed by atoms with Crippen LogP contribution in [0.2, 0.25) is 5.02 Å². The van der Waals surface area contributed by atoms with E-state index in [0.717, 1.165) is 5.39 Å². The van der Waals surface area contributed by atoms with Crippen molar-refractivity contribution in [2.75, 3.05) is 0 Å². The van der Waals surface area contributed by atoms with Crippen molar-refractivity contribution in [1.82, 2.24) is 0 Å². The van der Waals surface area contributed by atoms with Gasteiger partial charge in [0.25, 0.3) is 0 Å². The van der Waals surface area contributed by atoms with Crippen molar-refractivity contribution >= 4 is 34.3 Å². The van der Waals surface area contributed by atoms with Crippen LogP contribution in [0.5, 0.6) is 0 Å². The van der Waals surface area contributed by atoms with Gasteiger partial charge in [-0.1, -0.05) is 18.5 Å². The third-order valence-corrected chi connectivity index (χ3v) is 4.10. The lowest BCUT2D eigenvalue weighted by atomic mass is 9.93. The molecule has 0 amide bonds. The quantitative estimate of drug-likeness (QED) is 0.874. The molecule has 2 atom stereocenters. The van der Waals surface area contributed by atoms with Crippen LogP contribution in [-0.4, -0.2) is 16.9 Å². The number of carbonyl (C=O) groups is 2. The summed E-state index contributed by atoms with van der Waals surface area (Å²) in [6, 6.07) is 4.95. The van der Waals surface area contributed by atoms with E-state index in [9.17, 15) is 9.59 Å². The summed E-state index contributed by atoms with van der Waals surface area (Å²) in [5.74, 6) is -1.70. The summed E-state index contributed by atoms with van der Waals surface area (Å²) in [7, 11) is 0. The first-order valence-electron chi connectivity index (χ1n) is 5.88. The van der Waals surface area contributed by atoms with Gasteiger partial charge in [-0.15, -0.1) is 0 Å². The fourth-order valence-corrected chi connectivity index (χ4v) is 2.75. The molecular weight excluding hydrogens is 268 g/mol. The van der Waals surface area contributed by atoms with E-state index in [2.05, 4.69) is 0 Å². The predicted octanol–water partition coefficient (Wildman–Crippen LogP) is 3.38. The van der Waals surface area contributed by atoms with Crippen LogP contribution in [-0.2, 0) is 4.79 Å². The van der Waals surface area contributed by atoms with Crippen molar-refractivity contribution in [2.24, 2.45) is 11.3 Å². The van der Waals surface area contributed by atoms with Crippen molar-refractivity contribution in [3.05, 3.63) is 35.0 Å². The molecule has 1 fully saturated rings. The molecule has 19 heavy (non-hydrogen) atoms. The van der Waals surface area contributed by atoms with Crippen LogP contribution >= 0.6 is 11.6 Å². The molecule has 0 aliphatic heterocycles. The normalized spacial score (nSPS) is 25.5. The zero-order valence-corrected chi connectivity index (χ0v) is 10.9. The zero-order valence-electron chi connectivity index (χ0n) is 10.1. The molecule has 5 heteroatoms. The van der Waals surface area contributed by atoms with Crippen LogP contribution in [0.15, 0.2) is 28.9 Å². The molecule has 1 aromatic heterocycles. The lowest BCUT2D eigenvalue weighted by Gasteiger charge is -2.09. The number of halogens is 1. The van der Waals surface area contributed by atoms with Gasteiger partial charge in [-0.2, -0.15) is 0 Å². The van der Waals surface area contributed by atoms with E-state index in [0.29, 0.717) is 22.6 Å². The van der Waals surface area contributed by atoms with Gasteiger partial charge in [0.05, 0.1) is 17.2 Å². The Balaban J connectivity index is 2.01. The van der Waals surface area contributed by atoms with E-state index in [-0.39, 0.29) is 5.78 Å². The predicted molar refractivity (Wildman–Crippen MR) is 69.4 cm³/mol. The molecule has 1 aromatic carbocycles. The average Bonchev–Trinajstić information content (AvgIpc) is 2.85. The number of carboxylic acid groups (broad SMARTS) is 1. The summed E-state index contributed by atoms with van der Waals surface area (Å²) in [6.07, 6.45) is 1.88. The Morgan fingerprint density at radius 2 is 2.21 bits per heavy atom. The molecule has 0 bridgehead atoms. The molecule has 1 aliphatic rings. The highest BCUT2D eigenvalue weighted by atomic mass is 35.5. The van der Waals surface area contributed by atoms with E-state index >= 15 is 0 Å². The summed E-state index contributed by atoms with van der Waals surface area (Å²) in [4.78, 5) is 23.4. The second kappa shape index (κ2) is 3.84. The Morgan fingerprint density at radius 1 is 1.47 bits per heavy atom. The van der Waals surface area contributed by atoms with Crippen molar-refractivity contribution in [3.8, 4) is 0 Å². The minimum atomic E-state index is -0.925. The molecule has 3 rings (SSSR count). The van der Waals surface area contributed by atoms with Crippen molar-refractivity contribution in [2.45, 2.75) is 13.3 Å². The molecule has 1 N–H and O–H groups in total. The van der Waals surface area contributed by atoms with Gasteiger partial charge in [-0.25, -0.2) is 0 Å². The minimum Gasteiger partial charge on any atom is -0.481 e. The SMILES string of the molecule is C[C@]1(C(=O)c2cc(Cl)c3occc3c2)C[C@@H]1C(=O)O. The highest BCUT2D eigenvalue weighted by molar-refractivity contribution is 6.35. The van der Waals surface area contributed by atoms with E-state index in [1.165, 1.54) is 12.3 Å². The highest BCUT2D eigenvalue weighted by Crippen LogP contribution is 2.54. The highest BCUT2D eigenvalue weighted by Gasteiger charge is 2.60. The topological polar surface area (TPSA) is 67.5 Å². The molecule has 98 valence electrons. The zero-order chi connectivity index (χ0) is 13.8. The number of carbonyl (C=O) groups excluding carboxylic acids is 1. The standard InChI is InChI=1S/C14H11ClO4/c1-14(6-9(14)13(17)18)12(16)8-4-7-2-3-19-11(7)10(15)5-8/h2-5,9H,6H2,1H3,(H,17,18)/t9-,14+/m1/s1. The number of aliphatic carboxylic acids is 1. The molecule has 0 spiro atoms. The van der Waals surface area contributed by atoms with E-state index in [4.69, 9.17) is 21.1 Å². The molecule has 0 radical (unpaired) electrons. The largest absolute Gasteiger partial charge is 0.481 e. The summed E-state index contributed by atoms with van der Waals surface area (Å²) in [5.41, 5.74) is 0.158. The van der Waals surface area contributed by atoms with Crippen molar-refractivity contribution in [1.29, 1.82) is 0 Å². The monoisotopic (exact) mass is 278 g/mol. The Bertz CT molecular complexity index is 703. The third kappa shape index (κ3) is 1.75. The number of hydrogen-bond donors (Lipinski definition) is 1. The molecule has 4 nitrogen and oxygen atoms in total. The molecule has 0 unspecified atom stereocenters. The molecule has 2 aromatic rings. The van der Waals surface area contributed by atoms with E-state index in [1.807, 2.05) is 0 Å². The van der Waals surface area contributed by atoms with Crippen molar-refractivity contribution < 1.29 is 19.1 Å². The van der Waals surface area contributed by atoms with Crippen LogP contribution in [0.4, 0.5) is 0 Å². The number of carboxylic acids is 1. The van der Waals surface area contributed by atoms with Gasteiger partial charge >= 0.3 is 5.97 Å². The molecular formula is C14H11ClO4. The third-order valence-electron chi connectivity index (χ3n) is 3.82. The van der Waals surface area contributed by atoms with Gasteiger partial charge in [0.15, 0.2) is 11.4 Å². The summed E-state index contributed by atoms with van der Waals surface area (Å²) < 4.78 is 5.21. The van der Waals surface area contributed by atoms with Crippen LogP contribution in [0.1, 0.15) is 23.7 Å². The van der Waals surface area contributed by atoms with Crippen molar-refractivity contribution in [3.63, 3.8) is 0 Å². The van der Waals surface area contributed by atoms with Gasteiger partial charge in [-0.3, -0.25) is 9.59 Å². The Kier molecular flexibility index (Phi) is 2.47. The number of benzene rings is 1. The smallest absolute Gasteiger partial charge is 0.307 e. The first kappa shape index (κ1) is 12.2. The first-order chi connectivity index (χ1) is 8.93.